The van der Waals surface area contributed by atoms with Gasteiger partial charge in [-0.05, 0) is 48.2 Å². The third-order valence-electron chi connectivity index (χ3n) is 6.16. The average Bonchev–Trinajstić information content (AvgIpc) is 3.28. The lowest BCUT2D eigenvalue weighted by atomic mass is 10.1. The van der Waals surface area contributed by atoms with Crippen LogP contribution in [0.5, 0.6) is 11.5 Å². The number of nitrogens with zero attached hydrogens (tertiary/aromatic N) is 1. The van der Waals surface area contributed by atoms with E-state index >= 15 is 0 Å². The number of fused-ring (bicyclic) bond motifs is 2. The molecule has 2 aromatic rings. The average molecular weight is 502 g/mol. The Morgan fingerprint density at radius 2 is 1.89 bits per heavy atom. The van der Waals surface area contributed by atoms with Crippen molar-refractivity contribution in [2.75, 3.05) is 24.6 Å². The Hall–Kier alpha value is -3.11. The summed E-state index contributed by atoms with van der Waals surface area (Å²) in [6.45, 7) is 6.35. The van der Waals surface area contributed by atoms with E-state index in [4.69, 9.17) is 9.47 Å². The second-order valence-corrected chi connectivity index (χ2v) is 10.7. The van der Waals surface area contributed by atoms with Crippen LogP contribution in [0.25, 0.3) is 0 Å². The zero-order chi connectivity index (χ0) is 25.2. The van der Waals surface area contributed by atoms with E-state index in [9.17, 15) is 18.0 Å². The molecule has 0 radical (unpaired) electrons. The molecule has 0 saturated carbocycles. The molecule has 0 aromatic heterocycles. The van der Waals surface area contributed by atoms with E-state index in [1.165, 1.54) is 6.07 Å². The van der Waals surface area contributed by atoms with Gasteiger partial charge >= 0.3 is 0 Å². The number of hydrogen-bond acceptors (Lipinski definition) is 6. The lowest BCUT2D eigenvalue weighted by Crippen LogP contribution is -2.52. The molecule has 10 heteroatoms. The highest BCUT2D eigenvalue weighted by atomic mass is 32.2. The summed E-state index contributed by atoms with van der Waals surface area (Å²) in [6.07, 6.45) is 0.589. The molecule has 2 aromatic carbocycles. The van der Waals surface area contributed by atoms with E-state index in [-0.39, 0.29) is 36.0 Å². The van der Waals surface area contributed by atoms with Crippen LogP contribution in [0.4, 0.5) is 5.69 Å². The molecule has 4 rings (SSSR count). The number of carbonyl (C=O) groups excluding carboxylic acids is 2. The molecule has 2 aliphatic rings. The molecule has 0 aliphatic carbocycles. The van der Waals surface area contributed by atoms with E-state index in [0.29, 0.717) is 30.9 Å². The molecule has 2 N–H and O–H groups in total. The highest BCUT2D eigenvalue weighted by Crippen LogP contribution is 2.32. The summed E-state index contributed by atoms with van der Waals surface area (Å²) in [7, 11) is -3.97. The summed E-state index contributed by atoms with van der Waals surface area (Å²) in [5.74, 6) is 0.534. The quantitative estimate of drug-likeness (QED) is 0.574. The van der Waals surface area contributed by atoms with Crippen molar-refractivity contribution in [2.24, 2.45) is 5.92 Å². The standard InChI is InChI=1S/C25H31N3O6S/c1-4-23(29)28-12-11-17-13-19(9-10-20(17)28)35(31,32)27-24(16(2)3)25(30)26-14-18-15-33-21-7-5-6-8-22(21)34-18/h5-10,13,16,18,24,27H,4,11-12,14-15H2,1-3H3,(H,26,30)/t18-,24-/m0/s1. The number of para-hydroxylation sites is 2. The van der Waals surface area contributed by atoms with E-state index < -0.39 is 22.0 Å². The minimum Gasteiger partial charge on any atom is -0.486 e. The van der Waals surface area contributed by atoms with Gasteiger partial charge in [-0.1, -0.05) is 32.9 Å². The summed E-state index contributed by atoms with van der Waals surface area (Å²) in [4.78, 5) is 26.8. The molecule has 0 spiro atoms. The fourth-order valence-electron chi connectivity index (χ4n) is 4.21. The SMILES string of the molecule is CCC(=O)N1CCc2cc(S(=O)(=O)N[C@H](C(=O)NC[C@H]3COc4ccccc4O3)C(C)C)ccc21. The molecule has 35 heavy (non-hydrogen) atoms. The van der Waals surface area contributed by atoms with Crippen LogP contribution in [-0.2, 0) is 26.0 Å². The molecule has 0 unspecified atom stereocenters. The summed E-state index contributed by atoms with van der Waals surface area (Å²) < 4.78 is 40.4. The maximum atomic E-state index is 13.1. The van der Waals surface area contributed by atoms with Crippen molar-refractivity contribution in [2.45, 2.75) is 50.7 Å². The van der Waals surface area contributed by atoms with Gasteiger partial charge in [0.15, 0.2) is 11.5 Å². The van der Waals surface area contributed by atoms with Crippen LogP contribution >= 0.6 is 0 Å². The van der Waals surface area contributed by atoms with Crippen LogP contribution in [-0.4, -0.2) is 52.1 Å². The third-order valence-corrected chi connectivity index (χ3v) is 7.60. The number of sulfonamides is 1. The Kier molecular flexibility index (Phi) is 7.32. The second-order valence-electron chi connectivity index (χ2n) is 9.03. The van der Waals surface area contributed by atoms with Crippen LogP contribution in [0.2, 0.25) is 0 Å². The van der Waals surface area contributed by atoms with Crippen LogP contribution in [0.3, 0.4) is 0 Å². The maximum absolute atomic E-state index is 13.1. The lowest BCUT2D eigenvalue weighted by Gasteiger charge is -2.28. The van der Waals surface area contributed by atoms with Crippen molar-refractivity contribution in [1.82, 2.24) is 10.0 Å². The first-order chi connectivity index (χ1) is 16.7. The summed E-state index contributed by atoms with van der Waals surface area (Å²) >= 11 is 0. The summed E-state index contributed by atoms with van der Waals surface area (Å²) in [5.41, 5.74) is 1.54. The van der Waals surface area contributed by atoms with Gasteiger partial charge in [0.05, 0.1) is 11.4 Å². The Labute approximate surface area is 205 Å². The molecule has 0 fully saturated rings. The molecular weight excluding hydrogens is 470 g/mol. The number of ether oxygens (including phenoxy) is 2. The summed E-state index contributed by atoms with van der Waals surface area (Å²) in [5, 5.41) is 2.79. The first-order valence-electron chi connectivity index (χ1n) is 11.8. The molecule has 9 nitrogen and oxygen atoms in total. The Balaban J connectivity index is 1.41. The monoisotopic (exact) mass is 501 g/mol. The smallest absolute Gasteiger partial charge is 0.241 e. The fraction of sp³-hybridized carbons (Fsp3) is 0.440. The van der Waals surface area contributed by atoms with E-state index in [0.717, 1.165) is 11.3 Å². The second kappa shape index (κ2) is 10.2. The van der Waals surface area contributed by atoms with Crippen LogP contribution in [0, 0.1) is 5.92 Å². The molecule has 188 valence electrons. The van der Waals surface area contributed by atoms with Gasteiger partial charge in [-0.3, -0.25) is 9.59 Å². The number of nitrogens with one attached hydrogen (secondary N) is 2. The van der Waals surface area contributed by atoms with Crippen molar-refractivity contribution >= 4 is 27.5 Å². The van der Waals surface area contributed by atoms with Gasteiger partial charge in [0.2, 0.25) is 21.8 Å². The lowest BCUT2D eigenvalue weighted by molar-refractivity contribution is -0.124. The van der Waals surface area contributed by atoms with Gasteiger partial charge < -0.3 is 19.7 Å². The highest BCUT2D eigenvalue weighted by molar-refractivity contribution is 7.89. The number of anilines is 1. The summed E-state index contributed by atoms with van der Waals surface area (Å²) in [6, 6.07) is 11.0. The van der Waals surface area contributed by atoms with E-state index in [2.05, 4.69) is 10.0 Å². The van der Waals surface area contributed by atoms with Crippen molar-refractivity contribution in [1.29, 1.82) is 0 Å². The number of hydrogen-bond donors (Lipinski definition) is 2. The van der Waals surface area contributed by atoms with Gasteiger partial charge in [-0.2, -0.15) is 4.72 Å². The molecule has 2 atom stereocenters. The fourth-order valence-corrected chi connectivity index (χ4v) is 5.60. The predicted octanol–water partition coefficient (Wildman–Crippen LogP) is 2.24. The Morgan fingerprint density at radius 3 is 2.60 bits per heavy atom. The molecule has 0 saturated heterocycles. The Bertz CT molecular complexity index is 1210. The minimum atomic E-state index is -3.97. The highest BCUT2D eigenvalue weighted by Gasteiger charge is 2.31. The topological polar surface area (TPSA) is 114 Å². The maximum Gasteiger partial charge on any atom is 0.241 e. The van der Waals surface area contributed by atoms with Crippen molar-refractivity contribution in [3.05, 3.63) is 48.0 Å². The molecule has 2 amide bonds. The van der Waals surface area contributed by atoms with Crippen molar-refractivity contribution < 1.29 is 27.5 Å². The molecule has 2 aliphatic heterocycles. The van der Waals surface area contributed by atoms with Gasteiger partial charge in [0.1, 0.15) is 18.8 Å². The predicted molar refractivity (Wildman–Crippen MR) is 131 cm³/mol. The van der Waals surface area contributed by atoms with Gasteiger partial charge in [0, 0.05) is 18.7 Å². The number of amides is 2. The zero-order valence-electron chi connectivity index (χ0n) is 20.1. The van der Waals surface area contributed by atoms with Crippen LogP contribution in [0.1, 0.15) is 32.8 Å². The first kappa shape index (κ1) is 25.0. The molecule has 2 heterocycles. The van der Waals surface area contributed by atoms with E-state index in [1.54, 1.807) is 43.9 Å². The largest absolute Gasteiger partial charge is 0.486 e. The first-order valence-corrected chi connectivity index (χ1v) is 13.3. The number of rotatable bonds is 8. The minimum absolute atomic E-state index is 0.00450. The van der Waals surface area contributed by atoms with Gasteiger partial charge in [0.25, 0.3) is 0 Å². The van der Waals surface area contributed by atoms with Gasteiger partial charge in [-0.15, -0.1) is 0 Å². The van der Waals surface area contributed by atoms with Crippen LogP contribution in [0.15, 0.2) is 47.4 Å². The van der Waals surface area contributed by atoms with Gasteiger partial charge in [-0.25, -0.2) is 8.42 Å². The molecular formula is C25H31N3O6S. The molecule has 0 bridgehead atoms. The van der Waals surface area contributed by atoms with E-state index in [1.807, 2.05) is 18.2 Å². The van der Waals surface area contributed by atoms with Crippen LogP contribution < -0.4 is 24.4 Å². The third kappa shape index (κ3) is 5.43. The number of benzene rings is 2. The Morgan fingerprint density at radius 1 is 1.14 bits per heavy atom. The number of carbonyl (C=O) groups is 2. The normalized spacial score (nSPS) is 17.7. The van der Waals surface area contributed by atoms with Crippen molar-refractivity contribution in [3.63, 3.8) is 0 Å². The van der Waals surface area contributed by atoms with Crippen molar-refractivity contribution in [3.8, 4) is 11.5 Å². The zero-order valence-corrected chi connectivity index (χ0v) is 20.9.